The van der Waals surface area contributed by atoms with E-state index in [1.165, 1.54) is 11.1 Å². The van der Waals surface area contributed by atoms with E-state index < -0.39 is 0 Å². The summed E-state index contributed by atoms with van der Waals surface area (Å²) in [6.45, 7) is 9.81. The SMILES string of the molecule is Cc1ccc(OCCCCn2c(C(C)Oc3ccc(Cl)c(C)c3)nc3ccccc32)cc1C. The molecule has 0 saturated heterocycles. The van der Waals surface area contributed by atoms with Crippen molar-refractivity contribution in [3.63, 3.8) is 0 Å². The van der Waals surface area contributed by atoms with E-state index in [4.69, 9.17) is 26.1 Å². The molecule has 0 aliphatic carbocycles. The standard InChI is InChI=1S/C28H31ClN2O2/c1-19-11-12-23(17-20(19)2)32-16-8-7-15-31-27-10-6-5-9-26(27)30-28(31)22(4)33-24-13-14-25(29)21(3)18-24/h5-6,9-14,17-18,22H,7-8,15-16H2,1-4H3. The van der Waals surface area contributed by atoms with E-state index in [1.807, 2.05) is 44.2 Å². The van der Waals surface area contributed by atoms with Gasteiger partial charge < -0.3 is 14.0 Å². The quantitative estimate of drug-likeness (QED) is 0.240. The summed E-state index contributed by atoms with van der Waals surface area (Å²) >= 11 is 6.17. The number of imidazole rings is 1. The third-order valence-corrected chi connectivity index (χ3v) is 6.44. The number of para-hydroxylation sites is 2. The highest BCUT2D eigenvalue weighted by Crippen LogP contribution is 2.28. The number of halogens is 1. The van der Waals surface area contributed by atoms with Gasteiger partial charge in [0, 0.05) is 11.6 Å². The van der Waals surface area contributed by atoms with Crippen LogP contribution in [0, 0.1) is 20.8 Å². The number of hydrogen-bond acceptors (Lipinski definition) is 3. The molecule has 33 heavy (non-hydrogen) atoms. The fourth-order valence-corrected chi connectivity index (χ4v) is 4.07. The minimum Gasteiger partial charge on any atom is -0.494 e. The molecular formula is C28H31ClN2O2. The molecule has 1 unspecified atom stereocenters. The lowest BCUT2D eigenvalue weighted by Gasteiger charge is -2.17. The Hall–Kier alpha value is -2.98. The van der Waals surface area contributed by atoms with Gasteiger partial charge in [-0.1, -0.05) is 29.8 Å². The monoisotopic (exact) mass is 462 g/mol. The van der Waals surface area contributed by atoms with Crippen molar-refractivity contribution in [2.75, 3.05) is 6.61 Å². The first-order chi connectivity index (χ1) is 15.9. The third kappa shape index (κ3) is 5.51. The van der Waals surface area contributed by atoms with Crippen LogP contribution in [-0.4, -0.2) is 16.2 Å². The molecule has 1 aromatic heterocycles. The van der Waals surface area contributed by atoms with Gasteiger partial charge in [0.15, 0.2) is 11.9 Å². The number of aryl methyl sites for hydroxylation is 4. The van der Waals surface area contributed by atoms with Crippen molar-refractivity contribution in [3.8, 4) is 11.5 Å². The molecule has 4 rings (SSSR count). The van der Waals surface area contributed by atoms with Crippen LogP contribution in [0.4, 0.5) is 0 Å². The van der Waals surface area contributed by atoms with Crippen LogP contribution < -0.4 is 9.47 Å². The van der Waals surface area contributed by atoms with Gasteiger partial charge in [-0.25, -0.2) is 4.98 Å². The molecule has 0 radical (unpaired) electrons. The van der Waals surface area contributed by atoms with Crippen LogP contribution in [0.1, 0.15) is 48.4 Å². The average molecular weight is 463 g/mol. The van der Waals surface area contributed by atoms with Gasteiger partial charge in [-0.05, 0) is 99.7 Å². The zero-order valence-corrected chi connectivity index (χ0v) is 20.5. The lowest BCUT2D eigenvalue weighted by atomic mass is 10.1. The number of hydrogen-bond donors (Lipinski definition) is 0. The van der Waals surface area contributed by atoms with Gasteiger partial charge in [0.05, 0.1) is 17.6 Å². The molecule has 3 aromatic carbocycles. The Morgan fingerprint density at radius 2 is 1.64 bits per heavy atom. The summed E-state index contributed by atoms with van der Waals surface area (Å²) in [5.74, 6) is 2.66. The Kier molecular flexibility index (Phi) is 7.24. The first kappa shape index (κ1) is 23.2. The molecule has 0 N–H and O–H groups in total. The van der Waals surface area contributed by atoms with Crippen molar-refractivity contribution in [2.24, 2.45) is 0 Å². The van der Waals surface area contributed by atoms with Crippen LogP contribution in [0.25, 0.3) is 11.0 Å². The number of unbranched alkanes of at least 4 members (excludes halogenated alkanes) is 1. The molecule has 0 aliphatic rings. The predicted octanol–water partition coefficient (Wildman–Crippen LogP) is 7.61. The highest BCUT2D eigenvalue weighted by atomic mass is 35.5. The normalized spacial score (nSPS) is 12.2. The minimum absolute atomic E-state index is 0.190. The van der Waals surface area contributed by atoms with Gasteiger partial charge in [0.2, 0.25) is 0 Å². The molecule has 0 aliphatic heterocycles. The maximum Gasteiger partial charge on any atom is 0.153 e. The summed E-state index contributed by atoms with van der Waals surface area (Å²) in [4.78, 5) is 4.89. The predicted molar refractivity (Wildman–Crippen MR) is 136 cm³/mol. The van der Waals surface area contributed by atoms with Crippen LogP contribution in [0.5, 0.6) is 11.5 Å². The molecule has 0 amide bonds. The summed E-state index contributed by atoms with van der Waals surface area (Å²) < 4.78 is 14.5. The fraction of sp³-hybridized carbons (Fsp3) is 0.321. The Morgan fingerprint density at radius 1 is 0.879 bits per heavy atom. The molecule has 1 atom stereocenters. The van der Waals surface area contributed by atoms with E-state index in [2.05, 4.69) is 48.7 Å². The maximum atomic E-state index is 6.25. The van der Waals surface area contributed by atoms with E-state index in [9.17, 15) is 0 Å². The van der Waals surface area contributed by atoms with Gasteiger partial charge in [0.25, 0.3) is 0 Å². The van der Waals surface area contributed by atoms with Crippen molar-refractivity contribution >= 4 is 22.6 Å². The van der Waals surface area contributed by atoms with Gasteiger partial charge in [0.1, 0.15) is 11.5 Å². The fourth-order valence-electron chi connectivity index (χ4n) is 3.95. The number of rotatable bonds is 9. The van der Waals surface area contributed by atoms with Crippen molar-refractivity contribution in [2.45, 2.75) is 53.2 Å². The second kappa shape index (κ2) is 10.3. The molecule has 4 nitrogen and oxygen atoms in total. The molecule has 172 valence electrons. The van der Waals surface area contributed by atoms with Gasteiger partial charge >= 0.3 is 0 Å². The van der Waals surface area contributed by atoms with Crippen molar-refractivity contribution in [1.29, 1.82) is 0 Å². The number of nitrogens with zero attached hydrogens (tertiary/aromatic N) is 2. The van der Waals surface area contributed by atoms with Gasteiger partial charge in [-0.2, -0.15) is 0 Å². The largest absolute Gasteiger partial charge is 0.494 e. The van der Waals surface area contributed by atoms with Gasteiger partial charge in [-0.3, -0.25) is 0 Å². The summed E-state index contributed by atoms with van der Waals surface area (Å²) in [6.07, 6.45) is 1.76. The van der Waals surface area contributed by atoms with Crippen molar-refractivity contribution < 1.29 is 9.47 Å². The number of ether oxygens (including phenoxy) is 2. The van der Waals surface area contributed by atoms with Crippen LogP contribution >= 0.6 is 11.6 Å². The van der Waals surface area contributed by atoms with Crippen LogP contribution in [-0.2, 0) is 6.54 Å². The highest BCUT2D eigenvalue weighted by molar-refractivity contribution is 6.31. The molecule has 0 spiro atoms. The molecular weight excluding hydrogens is 432 g/mol. The van der Waals surface area contributed by atoms with Crippen molar-refractivity contribution in [3.05, 3.63) is 88.2 Å². The van der Waals surface area contributed by atoms with Crippen molar-refractivity contribution in [1.82, 2.24) is 9.55 Å². The van der Waals surface area contributed by atoms with E-state index in [0.29, 0.717) is 6.61 Å². The third-order valence-electron chi connectivity index (χ3n) is 6.01. The summed E-state index contributed by atoms with van der Waals surface area (Å²) in [5, 5.41) is 0.741. The van der Waals surface area contributed by atoms with Crippen LogP contribution in [0.2, 0.25) is 5.02 Å². The molecule has 5 heteroatoms. The zero-order valence-electron chi connectivity index (χ0n) is 19.8. The first-order valence-corrected chi connectivity index (χ1v) is 11.9. The lowest BCUT2D eigenvalue weighted by molar-refractivity contribution is 0.210. The van der Waals surface area contributed by atoms with E-state index in [0.717, 1.165) is 58.3 Å². The Bertz CT molecular complexity index is 1250. The molecule has 0 fully saturated rings. The summed E-state index contributed by atoms with van der Waals surface area (Å²) in [5.41, 5.74) is 5.66. The second-order valence-electron chi connectivity index (χ2n) is 8.58. The van der Waals surface area contributed by atoms with Crippen LogP contribution in [0.15, 0.2) is 60.7 Å². The molecule has 0 saturated carbocycles. The number of aromatic nitrogens is 2. The maximum absolute atomic E-state index is 6.25. The van der Waals surface area contributed by atoms with E-state index in [-0.39, 0.29) is 6.10 Å². The Morgan fingerprint density at radius 3 is 2.42 bits per heavy atom. The van der Waals surface area contributed by atoms with E-state index in [1.54, 1.807) is 0 Å². The molecule has 4 aromatic rings. The molecule has 1 heterocycles. The second-order valence-corrected chi connectivity index (χ2v) is 8.99. The Labute approximate surface area is 201 Å². The zero-order chi connectivity index (χ0) is 23.4. The minimum atomic E-state index is -0.190. The van der Waals surface area contributed by atoms with Crippen LogP contribution in [0.3, 0.4) is 0 Å². The highest BCUT2D eigenvalue weighted by Gasteiger charge is 2.18. The number of fused-ring (bicyclic) bond motifs is 1. The Balaban J connectivity index is 1.43. The summed E-state index contributed by atoms with van der Waals surface area (Å²) in [7, 11) is 0. The summed E-state index contributed by atoms with van der Waals surface area (Å²) in [6, 6.07) is 20.3. The molecule has 0 bridgehead atoms. The lowest BCUT2D eigenvalue weighted by Crippen LogP contribution is -2.13. The van der Waals surface area contributed by atoms with Gasteiger partial charge in [-0.15, -0.1) is 0 Å². The number of benzene rings is 3. The first-order valence-electron chi connectivity index (χ1n) is 11.5. The van der Waals surface area contributed by atoms with E-state index >= 15 is 0 Å². The average Bonchev–Trinajstić information content (AvgIpc) is 3.17. The topological polar surface area (TPSA) is 36.3 Å². The smallest absolute Gasteiger partial charge is 0.153 e.